The number of rotatable bonds is 4. The van der Waals surface area contributed by atoms with E-state index in [1.54, 1.807) is 6.08 Å². The van der Waals surface area contributed by atoms with Gasteiger partial charge < -0.3 is 14.5 Å². The van der Waals surface area contributed by atoms with Crippen LogP contribution in [0.5, 0.6) is 0 Å². The van der Waals surface area contributed by atoms with Gasteiger partial charge in [0.2, 0.25) is 11.8 Å². The molecule has 1 amide bonds. The number of carbonyl (C=O) groups excluding carboxylic acids is 1. The van der Waals surface area contributed by atoms with E-state index >= 15 is 0 Å². The molecule has 1 N–H and O–H groups in total. The lowest BCUT2D eigenvalue weighted by molar-refractivity contribution is -0.117. The summed E-state index contributed by atoms with van der Waals surface area (Å²) in [5.74, 6) is 0.268. The first-order valence-corrected chi connectivity index (χ1v) is 8.45. The fraction of sp³-hybridized carbons (Fsp3) is 0.444. The zero-order chi connectivity index (χ0) is 16.4. The van der Waals surface area contributed by atoms with Gasteiger partial charge in [0.15, 0.2) is 5.58 Å². The van der Waals surface area contributed by atoms with Gasteiger partial charge in [-0.1, -0.05) is 12.1 Å². The summed E-state index contributed by atoms with van der Waals surface area (Å²) in [6, 6.07) is 8.10. The monoisotopic (exact) mass is 327 g/mol. The van der Waals surface area contributed by atoms with Crippen LogP contribution in [0.2, 0.25) is 0 Å². The number of amides is 1. The molecule has 0 aliphatic carbocycles. The van der Waals surface area contributed by atoms with E-state index in [-0.39, 0.29) is 12.0 Å². The van der Waals surface area contributed by atoms with Gasteiger partial charge in [-0.15, -0.1) is 0 Å². The van der Waals surface area contributed by atoms with Crippen LogP contribution in [0.25, 0.3) is 17.2 Å². The maximum Gasteiger partial charge on any atom is 0.244 e. The number of carbonyl (C=O) groups is 1. The number of hydrogen-bond acceptors (Lipinski definition) is 5. The molecule has 2 saturated heterocycles. The van der Waals surface area contributed by atoms with Gasteiger partial charge in [-0.2, -0.15) is 0 Å². The van der Waals surface area contributed by atoms with E-state index in [0.717, 1.165) is 25.2 Å². The second-order valence-corrected chi connectivity index (χ2v) is 6.34. The number of aromatic nitrogens is 1. The number of oxazole rings is 1. The first-order valence-electron chi connectivity index (χ1n) is 8.45. The fourth-order valence-electron chi connectivity index (χ4n) is 3.39. The minimum Gasteiger partial charge on any atom is -0.437 e. The molecule has 3 heterocycles. The van der Waals surface area contributed by atoms with Crippen LogP contribution in [0.15, 0.2) is 34.8 Å². The van der Waals surface area contributed by atoms with Crippen molar-refractivity contribution in [2.24, 2.45) is 0 Å². The number of ether oxygens (including phenoxy) is 1. The molecule has 0 saturated carbocycles. The van der Waals surface area contributed by atoms with Crippen molar-refractivity contribution >= 4 is 23.1 Å². The second kappa shape index (κ2) is 6.75. The van der Waals surface area contributed by atoms with Crippen molar-refractivity contribution in [1.29, 1.82) is 0 Å². The zero-order valence-corrected chi connectivity index (χ0v) is 13.5. The Balaban J connectivity index is 1.28. The van der Waals surface area contributed by atoms with Crippen LogP contribution in [-0.2, 0) is 9.53 Å². The van der Waals surface area contributed by atoms with E-state index in [2.05, 4.69) is 15.2 Å². The minimum atomic E-state index is -0.163. The molecular formula is C18H21N3O3. The van der Waals surface area contributed by atoms with Crippen molar-refractivity contribution < 1.29 is 13.9 Å². The summed E-state index contributed by atoms with van der Waals surface area (Å²) >= 11 is 0. The van der Waals surface area contributed by atoms with Gasteiger partial charge in [0.25, 0.3) is 0 Å². The topological polar surface area (TPSA) is 67.6 Å². The third kappa shape index (κ3) is 3.34. The van der Waals surface area contributed by atoms with Crippen molar-refractivity contribution in [3.63, 3.8) is 0 Å². The highest BCUT2D eigenvalue weighted by molar-refractivity contribution is 5.91. The summed E-state index contributed by atoms with van der Waals surface area (Å²) in [4.78, 5) is 18.7. The van der Waals surface area contributed by atoms with Gasteiger partial charge in [0, 0.05) is 31.3 Å². The van der Waals surface area contributed by atoms with Crippen molar-refractivity contribution in [2.75, 3.05) is 26.2 Å². The van der Waals surface area contributed by atoms with Crippen LogP contribution in [0.3, 0.4) is 0 Å². The van der Waals surface area contributed by atoms with Crippen molar-refractivity contribution in [3.05, 3.63) is 36.2 Å². The molecule has 2 aliphatic rings. The van der Waals surface area contributed by atoms with Crippen LogP contribution in [0.1, 0.15) is 18.7 Å². The molecule has 126 valence electrons. The highest BCUT2D eigenvalue weighted by atomic mass is 16.5. The standard InChI is InChI=1S/C18H21N3O3/c22-17(7-8-18-20-15-5-1-2-6-16(15)24-18)19-10-14-11-21-9-3-4-13(21)12-23-14/h1-2,5-8,13-14H,3-4,9-12H2,(H,19,22)/b8-7+. The fourth-order valence-corrected chi connectivity index (χ4v) is 3.39. The van der Waals surface area contributed by atoms with E-state index < -0.39 is 0 Å². The quantitative estimate of drug-likeness (QED) is 0.868. The minimum absolute atomic E-state index is 0.0704. The predicted octanol–water partition coefficient (Wildman–Crippen LogP) is 1.82. The third-order valence-electron chi connectivity index (χ3n) is 4.65. The van der Waals surface area contributed by atoms with E-state index in [9.17, 15) is 4.79 Å². The Bertz CT molecular complexity index is 722. The lowest BCUT2D eigenvalue weighted by Gasteiger charge is -2.35. The van der Waals surface area contributed by atoms with E-state index in [0.29, 0.717) is 24.1 Å². The molecule has 6 heteroatoms. The molecule has 0 bridgehead atoms. The smallest absolute Gasteiger partial charge is 0.244 e. The second-order valence-electron chi connectivity index (χ2n) is 6.34. The van der Waals surface area contributed by atoms with Gasteiger partial charge in [0.1, 0.15) is 5.52 Å². The highest BCUT2D eigenvalue weighted by Gasteiger charge is 2.32. The Labute approximate surface area is 140 Å². The zero-order valence-electron chi connectivity index (χ0n) is 13.5. The van der Waals surface area contributed by atoms with Crippen LogP contribution in [-0.4, -0.2) is 54.2 Å². The van der Waals surface area contributed by atoms with Gasteiger partial charge in [-0.25, -0.2) is 4.98 Å². The Morgan fingerprint density at radius 2 is 2.33 bits per heavy atom. The van der Waals surface area contributed by atoms with Crippen molar-refractivity contribution in [2.45, 2.75) is 25.0 Å². The maximum atomic E-state index is 12.0. The van der Waals surface area contributed by atoms with Crippen LogP contribution in [0, 0.1) is 0 Å². The molecule has 2 atom stereocenters. The molecule has 0 radical (unpaired) electrons. The summed E-state index contributed by atoms with van der Waals surface area (Å²) in [6.07, 6.45) is 5.59. The normalized spacial score (nSPS) is 24.5. The van der Waals surface area contributed by atoms with Gasteiger partial charge in [-0.05, 0) is 31.5 Å². The summed E-state index contributed by atoms with van der Waals surface area (Å²) < 4.78 is 11.4. The van der Waals surface area contributed by atoms with Crippen LogP contribution in [0.4, 0.5) is 0 Å². The van der Waals surface area contributed by atoms with E-state index in [4.69, 9.17) is 9.15 Å². The molecule has 4 rings (SSSR count). The first-order chi connectivity index (χ1) is 11.8. The lowest BCUT2D eigenvalue weighted by atomic mass is 10.2. The Morgan fingerprint density at radius 1 is 1.42 bits per heavy atom. The number of morpholine rings is 1. The van der Waals surface area contributed by atoms with Crippen LogP contribution < -0.4 is 5.32 Å². The molecule has 6 nitrogen and oxygen atoms in total. The molecule has 1 aromatic carbocycles. The summed E-state index contributed by atoms with van der Waals surface area (Å²) in [7, 11) is 0. The molecule has 1 aromatic heterocycles. The van der Waals surface area contributed by atoms with Gasteiger partial charge in [-0.3, -0.25) is 9.69 Å². The number of benzene rings is 1. The third-order valence-corrected chi connectivity index (χ3v) is 4.65. The van der Waals surface area contributed by atoms with Crippen LogP contribution >= 0.6 is 0 Å². The molecular weight excluding hydrogens is 306 g/mol. The summed E-state index contributed by atoms with van der Waals surface area (Å²) in [6.45, 7) is 3.36. The molecule has 2 fully saturated rings. The molecule has 2 unspecified atom stereocenters. The number of nitrogens with one attached hydrogen (secondary N) is 1. The van der Waals surface area contributed by atoms with Crippen molar-refractivity contribution in [1.82, 2.24) is 15.2 Å². The number of fused-ring (bicyclic) bond motifs is 2. The Morgan fingerprint density at radius 3 is 3.25 bits per heavy atom. The number of para-hydroxylation sites is 2. The lowest BCUT2D eigenvalue weighted by Crippen LogP contribution is -2.49. The number of nitrogens with zero attached hydrogens (tertiary/aromatic N) is 2. The predicted molar refractivity (Wildman–Crippen MR) is 90.4 cm³/mol. The Kier molecular flexibility index (Phi) is 4.32. The maximum absolute atomic E-state index is 12.0. The SMILES string of the molecule is O=C(/C=C/c1nc2ccccc2o1)NCC1CN2CCCC2CO1. The molecule has 0 spiro atoms. The molecule has 2 aliphatic heterocycles. The summed E-state index contributed by atoms with van der Waals surface area (Å²) in [5.41, 5.74) is 1.50. The Hall–Kier alpha value is -2.18. The average Bonchev–Trinajstić information content (AvgIpc) is 3.23. The van der Waals surface area contributed by atoms with E-state index in [1.807, 2.05) is 24.3 Å². The average molecular weight is 327 g/mol. The first kappa shape index (κ1) is 15.4. The molecule has 2 aromatic rings. The molecule has 24 heavy (non-hydrogen) atoms. The number of hydrogen-bond donors (Lipinski definition) is 1. The van der Waals surface area contributed by atoms with Crippen molar-refractivity contribution in [3.8, 4) is 0 Å². The highest BCUT2D eigenvalue weighted by Crippen LogP contribution is 2.22. The van der Waals surface area contributed by atoms with E-state index in [1.165, 1.54) is 18.9 Å². The summed E-state index contributed by atoms with van der Waals surface area (Å²) in [5, 5.41) is 2.89. The van der Waals surface area contributed by atoms with Gasteiger partial charge >= 0.3 is 0 Å². The largest absolute Gasteiger partial charge is 0.437 e. The van der Waals surface area contributed by atoms with Gasteiger partial charge in [0.05, 0.1) is 12.7 Å².